The molecule has 0 saturated carbocycles. The molecule has 36 heavy (non-hydrogen) atoms. The normalized spacial score (nSPS) is 15.8. The van der Waals surface area contributed by atoms with E-state index >= 15 is 0 Å². The van der Waals surface area contributed by atoms with E-state index in [0.717, 1.165) is 34.5 Å². The molecule has 1 aliphatic heterocycles. The molecular weight excluding hydrogens is 482 g/mol. The number of aryl methyl sites for hydroxylation is 2. The van der Waals surface area contributed by atoms with Gasteiger partial charge in [0.2, 0.25) is 0 Å². The van der Waals surface area contributed by atoms with Crippen molar-refractivity contribution in [1.82, 2.24) is 19.4 Å². The van der Waals surface area contributed by atoms with E-state index in [0.29, 0.717) is 28.9 Å². The molecule has 1 saturated heterocycles. The molecule has 1 N–H and O–H groups in total. The van der Waals surface area contributed by atoms with Crippen molar-refractivity contribution in [2.75, 3.05) is 13.1 Å². The largest absolute Gasteiger partial charge is 0.488 e. The van der Waals surface area contributed by atoms with Crippen molar-refractivity contribution in [2.24, 2.45) is 7.05 Å². The van der Waals surface area contributed by atoms with Crippen LogP contribution >= 0.6 is 11.3 Å². The highest BCUT2D eigenvalue weighted by Crippen LogP contribution is 2.42. The number of benzene rings is 1. The third kappa shape index (κ3) is 4.54. The van der Waals surface area contributed by atoms with Gasteiger partial charge in [-0.05, 0) is 44.0 Å². The lowest BCUT2D eigenvalue weighted by molar-refractivity contribution is -0.384. The summed E-state index contributed by atoms with van der Waals surface area (Å²) >= 11 is 1.40. The second-order valence-electron chi connectivity index (χ2n) is 8.90. The van der Waals surface area contributed by atoms with Crippen molar-refractivity contribution in [3.8, 4) is 16.9 Å². The van der Waals surface area contributed by atoms with Gasteiger partial charge in [0.05, 0.1) is 21.7 Å². The lowest BCUT2D eigenvalue weighted by Crippen LogP contribution is -2.37. The van der Waals surface area contributed by atoms with E-state index in [-0.39, 0.29) is 23.9 Å². The van der Waals surface area contributed by atoms with Crippen LogP contribution in [0.25, 0.3) is 21.3 Å². The number of non-ortho nitro benzene ring substituents is 1. The Hall–Kier alpha value is -3.83. The van der Waals surface area contributed by atoms with E-state index in [1.54, 1.807) is 19.3 Å². The number of hydrogen-bond donors (Lipinski definition) is 1. The lowest BCUT2D eigenvalue weighted by Gasteiger charge is -2.26. The number of hydrogen-bond acceptors (Lipinski definition) is 8. The summed E-state index contributed by atoms with van der Waals surface area (Å²) in [6.45, 7) is 3.59. The Bertz CT molecular complexity index is 1580. The first-order valence-corrected chi connectivity index (χ1v) is 12.4. The first kappa shape index (κ1) is 23.9. The van der Waals surface area contributed by atoms with E-state index in [1.165, 1.54) is 38.8 Å². The number of nitrogens with zero attached hydrogens (tertiary/aromatic N) is 4. The van der Waals surface area contributed by atoms with Gasteiger partial charge < -0.3 is 14.6 Å². The first-order chi connectivity index (χ1) is 17.3. The van der Waals surface area contributed by atoms with Gasteiger partial charge in [0, 0.05) is 60.2 Å². The fourth-order valence-electron chi connectivity index (χ4n) is 4.50. The lowest BCUT2D eigenvalue weighted by atomic mass is 10.0. The standard InChI is InChI=1S/C25H25N5O5S/c1-15-10-16(30(33)34)11-20(23(15)35-17-4-3-7-26-13-17)19-5-8-27-21-12-18(36-24(19)21)14-29-22(31)6-9-28(2)25(29)32/h5-6,8-12,17,26H,3-4,7,13-14H2,1-2H3/t17-/m0/s1. The van der Waals surface area contributed by atoms with Crippen molar-refractivity contribution < 1.29 is 9.66 Å². The predicted molar refractivity (Wildman–Crippen MR) is 138 cm³/mol. The number of aromatic nitrogens is 3. The predicted octanol–water partition coefficient (Wildman–Crippen LogP) is 3.22. The molecular formula is C25H25N5O5S. The molecule has 0 bridgehead atoms. The zero-order chi connectivity index (χ0) is 25.4. The number of ether oxygens (including phenoxy) is 1. The van der Waals surface area contributed by atoms with Crippen molar-refractivity contribution in [2.45, 2.75) is 32.4 Å². The van der Waals surface area contributed by atoms with E-state index in [4.69, 9.17) is 4.74 Å². The molecule has 3 aromatic heterocycles. The van der Waals surface area contributed by atoms with E-state index in [1.807, 2.05) is 19.1 Å². The summed E-state index contributed by atoms with van der Waals surface area (Å²) < 4.78 is 9.75. The molecule has 4 heterocycles. The van der Waals surface area contributed by atoms with Crippen LogP contribution in [0.15, 0.2) is 52.3 Å². The Labute approximate surface area is 209 Å². The summed E-state index contributed by atoms with van der Waals surface area (Å²) in [5, 5.41) is 15.0. The molecule has 0 radical (unpaired) electrons. The number of rotatable bonds is 6. The average molecular weight is 508 g/mol. The van der Waals surface area contributed by atoms with Gasteiger partial charge in [0.25, 0.3) is 11.2 Å². The quantitative estimate of drug-likeness (QED) is 0.314. The van der Waals surface area contributed by atoms with Crippen LogP contribution in [0, 0.1) is 17.0 Å². The van der Waals surface area contributed by atoms with Crippen LogP contribution in [0.3, 0.4) is 0 Å². The van der Waals surface area contributed by atoms with Gasteiger partial charge in [0.15, 0.2) is 0 Å². The topological polar surface area (TPSA) is 121 Å². The summed E-state index contributed by atoms with van der Waals surface area (Å²) in [5.74, 6) is 0.616. The highest BCUT2D eigenvalue weighted by atomic mass is 32.1. The monoisotopic (exact) mass is 507 g/mol. The number of nitrogens with one attached hydrogen (secondary N) is 1. The van der Waals surface area contributed by atoms with Crippen LogP contribution < -0.4 is 21.3 Å². The number of nitro benzene ring substituents is 1. The first-order valence-electron chi connectivity index (χ1n) is 11.6. The fourth-order valence-corrected chi connectivity index (χ4v) is 5.63. The van der Waals surface area contributed by atoms with Gasteiger partial charge in [-0.3, -0.25) is 24.5 Å². The average Bonchev–Trinajstić information content (AvgIpc) is 3.29. The summed E-state index contributed by atoms with van der Waals surface area (Å²) in [4.78, 5) is 41.3. The molecule has 0 amide bonds. The number of piperidine rings is 1. The van der Waals surface area contributed by atoms with Crippen molar-refractivity contribution in [3.63, 3.8) is 0 Å². The minimum atomic E-state index is -0.404. The molecule has 1 aromatic carbocycles. The Morgan fingerprint density at radius 3 is 2.83 bits per heavy atom. The maximum atomic E-state index is 12.5. The highest BCUT2D eigenvalue weighted by molar-refractivity contribution is 7.19. The van der Waals surface area contributed by atoms with Gasteiger partial charge in [-0.1, -0.05) is 0 Å². The number of pyridine rings is 1. The molecule has 4 aromatic rings. The summed E-state index contributed by atoms with van der Waals surface area (Å²) in [5.41, 5.74) is 1.95. The Kier molecular flexibility index (Phi) is 6.42. The number of thiophene rings is 1. The molecule has 1 fully saturated rings. The second-order valence-corrected chi connectivity index (χ2v) is 10.0. The molecule has 1 atom stereocenters. The van der Waals surface area contributed by atoms with E-state index in [9.17, 15) is 19.7 Å². The number of fused-ring (bicyclic) bond motifs is 1. The minimum Gasteiger partial charge on any atom is -0.488 e. The van der Waals surface area contributed by atoms with Gasteiger partial charge >= 0.3 is 5.69 Å². The van der Waals surface area contributed by atoms with E-state index < -0.39 is 10.6 Å². The minimum absolute atomic E-state index is 0.0160. The van der Waals surface area contributed by atoms with Crippen LogP contribution in [0.2, 0.25) is 0 Å². The molecule has 11 heteroatoms. The molecule has 0 spiro atoms. The van der Waals surface area contributed by atoms with Gasteiger partial charge in [-0.25, -0.2) is 4.79 Å². The van der Waals surface area contributed by atoms with Crippen LogP contribution in [0.5, 0.6) is 5.75 Å². The smallest absolute Gasteiger partial charge is 0.331 e. The maximum Gasteiger partial charge on any atom is 0.331 e. The van der Waals surface area contributed by atoms with Crippen molar-refractivity contribution in [3.05, 3.63) is 84.1 Å². The maximum absolute atomic E-state index is 12.5. The zero-order valence-electron chi connectivity index (χ0n) is 19.9. The SMILES string of the molecule is Cc1cc([N+](=O)[O-])cc(-c2ccnc3cc(Cn4c(=O)ccn(C)c4=O)sc23)c1O[C@H]1CCCNC1. The summed E-state index contributed by atoms with van der Waals surface area (Å²) in [6.07, 6.45) is 4.97. The van der Waals surface area contributed by atoms with Gasteiger partial charge in [-0.15, -0.1) is 11.3 Å². The molecule has 10 nitrogen and oxygen atoms in total. The Morgan fingerprint density at radius 1 is 1.25 bits per heavy atom. The third-order valence-electron chi connectivity index (χ3n) is 6.31. The Balaban J connectivity index is 1.63. The summed E-state index contributed by atoms with van der Waals surface area (Å²) in [6, 6.07) is 8.10. The molecule has 1 aliphatic rings. The van der Waals surface area contributed by atoms with Crippen LogP contribution in [0.1, 0.15) is 23.3 Å². The Morgan fingerprint density at radius 2 is 2.08 bits per heavy atom. The number of nitro groups is 1. The van der Waals surface area contributed by atoms with Crippen molar-refractivity contribution in [1.29, 1.82) is 0 Å². The highest BCUT2D eigenvalue weighted by Gasteiger charge is 2.23. The van der Waals surface area contributed by atoms with Crippen molar-refractivity contribution >= 4 is 27.2 Å². The van der Waals surface area contributed by atoms with Gasteiger partial charge in [0.1, 0.15) is 11.9 Å². The molecule has 0 aliphatic carbocycles. The molecule has 0 unspecified atom stereocenters. The molecule has 5 rings (SSSR count). The zero-order valence-corrected chi connectivity index (χ0v) is 20.7. The van der Waals surface area contributed by atoms with Crippen LogP contribution in [0.4, 0.5) is 5.69 Å². The molecule has 186 valence electrons. The van der Waals surface area contributed by atoms with Crippen LogP contribution in [-0.2, 0) is 13.6 Å². The second kappa shape index (κ2) is 9.67. The van der Waals surface area contributed by atoms with E-state index in [2.05, 4.69) is 10.3 Å². The third-order valence-corrected chi connectivity index (χ3v) is 7.46. The van der Waals surface area contributed by atoms with Gasteiger partial charge in [-0.2, -0.15) is 0 Å². The fraction of sp³-hybridized carbons (Fsp3) is 0.320. The summed E-state index contributed by atoms with van der Waals surface area (Å²) in [7, 11) is 1.59. The van der Waals surface area contributed by atoms with Crippen LogP contribution in [-0.4, -0.2) is 38.2 Å².